The van der Waals surface area contributed by atoms with Gasteiger partial charge in [-0.15, -0.1) is 0 Å². The smallest absolute Gasteiger partial charge is 0.252 e. The van der Waals surface area contributed by atoms with Crippen molar-refractivity contribution in [2.24, 2.45) is 0 Å². The molecule has 0 aliphatic carbocycles. The summed E-state index contributed by atoms with van der Waals surface area (Å²) in [4.78, 5) is 22.2. The molecule has 0 aliphatic rings. The van der Waals surface area contributed by atoms with Gasteiger partial charge in [-0.05, 0) is 135 Å². The van der Waals surface area contributed by atoms with Crippen LogP contribution in [0.2, 0.25) is 0 Å². The summed E-state index contributed by atoms with van der Waals surface area (Å²) in [6.07, 6.45) is 8.09. The van der Waals surface area contributed by atoms with E-state index in [0.29, 0.717) is 37.6 Å². The zero-order valence-corrected chi connectivity index (χ0v) is 24.1. The zero-order chi connectivity index (χ0) is 28.4. The van der Waals surface area contributed by atoms with Crippen LogP contribution in [0.1, 0.15) is 72.1 Å². The van der Waals surface area contributed by atoms with Crippen LogP contribution in [0, 0.1) is 0 Å². The average Bonchev–Trinajstić information content (AvgIpc) is 2.96. The summed E-state index contributed by atoms with van der Waals surface area (Å²) in [7, 11) is 0. The summed E-state index contributed by atoms with van der Waals surface area (Å²) >= 11 is 10.9. The Morgan fingerprint density at radius 1 is 0.450 bits per heavy atom. The van der Waals surface area contributed by atoms with E-state index in [1.807, 2.05) is 24.3 Å². The SMILES string of the molecule is O=C(Cl)c1ccc(OCCCCCCOc2cccc(OCCCCCCOc3ccc(C(=O)Cl)cc3)c2)cc1. The van der Waals surface area contributed by atoms with E-state index < -0.39 is 10.5 Å². The molecule has 0 heterocycles. The molecular weight excluding hydrogens is 551 g/mol. The molecule has 214 valence electrons. The minimum atomic E-state index is -0.466. The van der Waals surface area contributed by atoms with Gasteiger partial charge in [0, 0.05) is 17.2 Å². The third kappa shape index (κ3) is 12.3. The van der Waals surface area contributed by atoms with Gasteiger partial charge in [-0.2, -0.15) is 0 Å². The largest absolute Gasteiger partial charge is 0.494 e. The number of ether oxygens (including phenoxy) is 4. The van der Waals surface area contributed by atoms with Crippen LogP contribution in [-0.2, 0) is 0 Å². The quantitative estimate of drug-likeness (QED) is 0.0976. The van der Waals surface area contributed by atoms with Crippen molar-refractivity contribution in [1.82, 2.24) is 0 Å². The van der Waals surface area contributed by atoms with Crippen LogP contribution in [0.15, 0.2) is 72.8 Å². The molecule has 0 N–H and O–H groups in total. The van der Waals surface area contributed by atoms with Gasteiger partial charge in [-0.3, -0.25) is 9.59 Å². The summed E-state index contributed by atoms with van der Waals surface area (Å²) in [5.41, 5.74) is 0.932. The number of unbranched alkanes of at least 4 members (excludes halogenated alkanes) is 6. The summed E-state index contributed by atoms with van der Waals surface area (Å²) < 4.78 is 23.2. The molecule has 0 unspecified atom stereocenters. The summed E-state index contributed by atoms with van der Waals surface area (Å²) in [5, 5.41) is -0.932. The van der Waals surface area contributed by atoms with Gasteiger partial charge >= 0.3 is 0 Å². The van der Waals surface area contributed by atoms with Crippen molar-refractivity contribution in [3.05, 3.63) is 83.9 Å². The van der Waals surface area contributed by atoms with Crippen LogP contribution in [-0.4, -0.2) is 36.9 Å². The predicted octanol–water partition coefficient (Wildman–Crippen LogP) is 8.48. The van der Waals surface area contributed by atoms with Gasteiger partial charge in [0.1, 0.15) is 23.0 Å². The first-order valence-corrected chi connectivity index (χ1v) is 14.5. The summed E-state index contributed by atoms with van der Waals surface area (Å²) in [6.45, 7) is 2.59. The van der Waals surface area contributed by atoms with Crippen molar-refractivity contribution in [3.63, 3.8) is 0 Å². The minimum Gasteiger partial charge on any atom is -0.494 e. The Kier molecular flexibility index (Phi) is 14.2. The number of hydrogen-bond donors (Lipinski definition) is 0. The molecule has 0 saturated heterocycles. The van der Waals surface area contributed by atoms with Crippen LogP contribution in [0.3, 0.4) is 0 Å². The Labute approximate surface area is 246 Å². The molecule has 3 aromatic carbocycles. The first-order chi connectivity index (χ1) is 19.5. The molecule has 0 saturated carbocycles. The van der Waals surface area contributed by atoms with E-state index in [0.717, 1.165) is 74.4 Å². The van der Waals surface area contributed by atoms with E-state index >= 15 is 0 Å². The number of carbonyl (C=O) groups excluding carboxylic acids is 2. The second-order valence-electron chi connectivity index (χ2n) is 9.29. The van der Waals surface area contributed by atoms with Gasteiger partial charge in [0.25, 0.3) is 10.5 Å². The molecule has 3 rings (SSSR count). The van der Waals surface area contributed by atoms with Crippen LogP contribution in [0.4, 0.5) is 0 Å². The Morgan fingerprint density at radius 2 is 0.775 bits per heavy atom. The minimum absolute atomic E-state index is 0.466. The fourth-order valence-electron chi connectivity index (χ4n) is 3.89. The molecule has 0 aromatic heterocycles. The maximum absolute atomic E-state index is 11.1. The zero-order valence-electron chi connectivity index (χ0n) is 22.6. The Morgan fingerprint density at radius 3 is 1.10 bits per heavy atom. The molecule has 6 nitrogen and oxygen atoms in total. The van der Waals surface area contributed by atoms with Gasteiger partial charge in [0.2, 0.25) is 0 Å². The molecule has 0 fully saturated rings. The highest BCUT2D eigenvalue weighted by molar-refractivity contribution is 6.68. The van der Waals surface area contributed by atoms with Gasteiger partial charge in [0.05, 0.1) is 26.4 Å². The van der Waals surface area contributed by atoms with Crippen molar-refractivity contribution in [3.8, 4) is 23.0 Å². The monoisotopic (exact) mass is 586 g/mol. The van der Waals surface area contributed by atoms with Crippen molar-refractivity contribution in [2.45, 2.75) is 51.4 Å². The van der Waals surface area contributed by atoms with E-state index in [1.54, 1.807) is 48.5 Å². The highest BCUT2D eigenvalue weighted by Crippen LogP contribution is 2.21. The maximum Gasteiger partial charge on any atom is 0.252 e. The van der Waals surface area contributed by atoms with Gasteiger partial charge in [-0.1, -0.05) is 6.07 Å². The van der Waals surface area contributed by atoms with Crippen molar-refractivity contribution >= 4 is 33.7 Å². The third-order valence-corrected chi connectivity index (χ3v) is 6.56. The van der Waals surface area contributed by atoms with Crippen LogP contribution < -0.4 is 18.9 Å². The Bertz CT molecular complexity index is 1080. The molecule has 0 bridgehead atoms. The van der Waals surface area contributed by atoms with Crippen molar-refractivity contribution in [1.29, 1.82) is 0 Å². The first-order valence-electron chi connectivity index (χ1n) is 13.7. The first kappa shape index (κ1) is 31.3. The normalized spacial score (nSPS) is 10.7. The van der Waals surface area contributed by atoms with Gasteiger partial charge < -0.3 is 18.9 Å². The highest BCUT2D eigenvalue weighted by Gasteiger charge is 2.03. The molecule has 0 aliphatic heterocycles. The topological polar surface area (TPSA) is 71.1 Å². The van der Waals surface area contributed by atoms with Crippen LogP contribution in [0.25, 0.3) is 0 Å². The van der Waals surface area contributed by atoms with E-state index in [4.69, 9.17) is 42.1 Å². The number of carbonyl (C=O) groups is 2. The lowest BCUT2D eigenvalue weighted by atomic mass is 10.2. The molecular formula is C32H36Cl2O6. The van der Waals surface area contributed by atoms with E-state index in [1.165, 1.54) is 0 Å². The lowest BCUT2D eigenvalue weighted by molar-refractivity contribution is 0.107. The molecule has 3 aromatic rings. The predicted molar refractivity (Wildman–Crippen MR) is 159 cm³/mol. The highest BCUT2D eigenvalue weighted by atomic mass is 35.5. The Hall–Kier alpha value is -3.22. The average molecular weight is 588 g/mol. The number of rotatable bonds is 20. The number of benzene rings is 3. The molecule has 40 heavy (non-hydrogen) atoms. The standard InChI is InChI=1S/C32H36Cl2O6/c33-31(35)25-12-16-27(17-13-25)37-20-5-1-3-7-22-39-29-10-9-11-30(24-29)40-23-8-4-2-6-21-38-28-18-14-26(15-19-28)32(34)36/h9-19,24H,1-8,20-23H2. The maximum atomic E-state index is 11.1. The molecule has 0 radical (unpaired) electrons. The number of hydrogen-bond acceptors (Lipinski definition) is 6. The van der Waals surface area contributed by atoms with E-state index in [9.17, 15) is 9.59 Å². The second-order valence-corrected chi connectivity index (χ2v) is 9.98. The molecule has 0 amide bonds. The molecule has 8 heteroatoms. The lowest BCUT2D eigenvalue weighted by Gasteiger charge is -2.10. The lowest BCUT2D eigenvalue weighted by Crippen LogP contribution is -2.01. The fraction of sp³-hybridized carbons (Fsp3) is 0.375. The van der Waals surface area contributed by atoms with Gasteiger partial charge in [-0.25, -0.2) is 0 Å². The second kappa shape index (κ2) is 18.2. The number of halogens is 2. The van der Waals surface area contributed by atoms with Crippen LogP contribution in [0.5, 0.6) is 23.0 Å². The molecule has 0 spiro atoms. The summed E-state index contributed by atoms with van der Waals surface area (Å²) in [6, 6.07) is 21.5. The Balaban J connectivity index is 1.16. The van der Waals surface area contributed by atoms with Crippen molar-refractivity contribution in [2.75, 3.05) is 26.4 Å². The van der Waals surface area contributed by atoms with Crippen LogP contribution >= 0.6 is 23.2 Å². The fourth-order valence-corrected chi connectivity index (χ4v) is 4.15. The van der Waals surface area contributed by atoms with Gasteiger partial charge in [0.15, 0.2) is 0 Å². The van der Waals surface area contributed by atoms with Crippen molar-refractivity contribution < 1.29 is 28.5 Å². The van der Waals surface area contributed by atoms with E-state index in [2.05, 4.69) is 0 Å². The van der Waals surface area contributed by atoms with E-state index in [-0.39, 0.29) is 0 Å². The summed E-state index contributed by atoms with van der Waals surface area (Å²) in [5.74, 6) is 3.12. The third-order valence-electron chi connectivity index (χ3n) is 6.12. The molecule has 0 atom stereocenters.